The fourth-order valence-corrected chi connectivity index (χ4v) is 3.18. The molecule has 7 nitrogen and oxygen atoms in total. The lowest BCUT2D eigenvalue weighted by molar-refractivity contribution is 0.0224. The topological polar surface area (TPSA) is 76.4 Å². The van der Waals surface area contributed by atoms with E-state index in [4.69, 9.17) is 28.1 Å². The molecule has 0 unspecified atom stereocenters. The van der Waals surface area contributed by atoms with Gasteiger partial charge in [-0.2, -0.15) is 0 Å². The molecular formula is C22H22O7. The number of hydrogen-bond donors (Lipinski definition) is 0. The van der Waals surface area contributed by atoms with Gasteiger partial charge in [-0.3, -0.25) is 0 Å². The van der Waals surface area contributed by atoms with Crippen molar-refractivity contribution in [2.75, 3.05) is 46.8 Å². The van der Waals surface area contributed by atoms with E-state index in [-0.39, 0.29) is 0 Å². The summed E-state index contributed by atoms with van der Waals surface area (Å²) in [7, 11) is 1.57. The van der Waals surface area contributed by atoms with Crippen LogP contribution in [0, 0.1) is 0 Å². The molecule has 1 aliphatic heterocycles. The molecule has 0 amide bonds. The van der Waals surface area contributed by atoms with Gasteiger partial charge in [-0.1, -0.05) is 18.2 Å². The lowest BCUT2D eigenvalue weighted by atomic mass is 10.0. The van der Waals surface area contributed by atoms with Crippen LogP contribution in [-0.2, 0) is 9.47 Å². The quantitative estimate of drug-likeness (QED) is 0.613. The molecule has 0 atom stereocenters. The van der Waals surface area contributed by atoms with Crippen LogP contribution in [0.5, 0.6) is 17.2 Å². The van der Waals surface area contributed by atoms with Crippen LogP contribution in [-0.4, -0.2) is 46.8 Å². The van der Waals surface area contributed by atoms with Crippen LogP contribution in [0.1, 0.15) is 0 Å². The molecule has 3 aromatic rings. The van der Waals surface area contributed by atoms with Gasteiger partial charge < -0.3 is 28.1 Å². The Labute approximate surface area is 167 Å². The van der Waals surface area contributed by atoms with Crippen molar-refractivity contribution in [1.82, 2.24) is 0 Å². The summed E-state index contributed by atoms with van der Waals surface area (Å²) in [6, 6.07) is 12.7. The average molecular weight is 398 g/mol. The standard InChI is InChI=1S/C22H22O7/c1-24-18-5-3-2-4-16(18)17-14-15-6-7-19-21(20(15)29-22(17)23)28-13-11-26-9-8-25-10-12-27-19/h2-7,14H,8-13H2,1H3. The molecule has 0 bridgehead atoms. The Hall–Kier alpha value is -3.03. The summed E-state index contributed by atoms with van der Waals surface area (Å²) in [5, 5.41) is 0.720. The van der Waals surface area contributed by atoms with Crippen LogP contribution in [0.15, 0.2) is 51.7 Å². The van der Waals surface area contributed by atoms with E-state index in [1.54, 1.807) is 25.3 Å². The van der Waals surface area contributed by atoms with Gasteiger partial charge in [0, 0.05) is 10.9 Å². The fraction of sp³-hybridized carbons (Fsp3) is 0.318. The average Bonchev–Trinajstić information content (AvgIpc) is 2.74. The van der Waals surface area contributed by atoms with E-state index >= 15 is 0 Å². The van der Waals surface area contributed by atoms with E-state index in [0.29, 0.717) is 73.6 Å². The minimum Gasteiger partial charge on any atom is -0.496 e. The third-order valence-corrected chi connectivity index (χ3v) is 4.55. The van der Waals surface area contributed by atoms with Crippen molar-refractivity contribution in [2.24, 2.45) is 0 Å². The predicted molar refractivity (Wildman–Crippen MR) is 107 cm³/mol. The molecular weight excluding hydrogens is 376 g/mol. The maximum absolute atomic E-state index is 12.8. The number of rotatable bonds is 2. The molecule has 0 fully saturated rings. The van der Waals surface area contributed by atoms with Gasteiger partial charge in [0.15, 0.2) is 11.3 Å². The molecule has 0 saturated heterocycles. The Balaban J connectivity index is 1.79. The molecule has 2 heterocycles. The molecule has 152 valence electrons. The normalized spacial score (nSPS) is 15.3. The Morgan fingerprint density at radius 2 is 1.55 bits per heavy atom. The van der Waals surface area contributed by atoms with Crippen molar-refractivity contribution < 1.29 is 28.1 Å². The first-order valence-corrected chi connectivity index (χ1v) is 9.43. The van der Waals surface area contributed by atoms with Crippen LogP contribution in [0.4, 0.5) is 0 Å². The molecule has 0 N–H and O–H groups in total. The van der Waals surface area contributed by atoms with Crippen LogP contribution < -0.4 is 19.8 Å². The maximum atomic E-state index is 12.8. The molecule has 7 heteroatoms. The molecule has 0 spiro atoms. The maximum Gasteiger partial charge on any atom is 0.344 e. The van der Waals surface area contributed by atoms with Gasteiger partial charge in [-0.05, 0) is 24.3 Å². The van der Waals surface area contributed by atoms with Crippen LogP contribution in [0.25, 0.3) is 22.1 Å². The summed E-state index contributed by atoms with van der Waals surface area (Å²) in [5.41, 5.74) is 0.940. The highest BCUT2D eigenvalue weighted by atomic mass is 16.6. The number of methoxy groups -OCH3 is 1. The van der Waals surface area contributed by atoms with Crippen molar-refractivity contribution in [3.63, 3.8) is 0 Å². The zero-order valence-corrected chi connectivity index (χ0v) is 16.1. The van der Waals surface area contributed by atoms with Crippen molar-refractivity contribution in [2.45, 2.75) is 0 Å². The second kappa shape index (κ2) is 8.98. The van der Waals surface area contributed by atoms with Gasteiger partial charge in [0.2, 0.25) is 5.75 Å². The smallest absolute Gasteiger partial charge is 0.344 e. The van der Waals surface area contributed by atoms with Crippen molar-refractivity contribution in [3.8, 4) is 28.4 Å². The zero-order chi connectivity index (χ0) is 20.1. The van der Waals surface area contributed by atoms with Crippen molar-refractivity contribution in [1.29, 1.82) is 0 Å². The first kappa shape index (κ1) is 19.3. The van der Waals surface area contributed by atoms with E-state index in [2.05, 4.69) is 0 Å². The highest BCUT2D eigenvalue weighted by Gasteiger charge is 2.18. The first-order valence-electron chi connectivity index (χ1n) is 9.43. The van der Waals surface area contributed by atoms with Gasteiger partial charge in [0.05, 0.1) is 39.1 Å². The molecule has 29 heavy (non-hydrogen) atoms. The molecule has 0 aliphatic carbocycles. The molecule has 1 aliphatic rings. The minimum absolute atomic E-state index is 0.299. The predicted octanol–water partition coefficient (Wildman–Crippen LogP) is 3.27. The Morgan fingerprint density at radius 1 is 0.828 bits per heavy atom. The number of benzene rings is 2. The van der Waals surface area contributed by atoms with Gasteiger partial charge in [-0.25, -0.2) is 4.79 Å². The molecule has 2 aromatic carbocycles. The first-order chi connectivity index (χ1) is 14.3. The molecule has 4 rings (SSSR count). The summed E-state index contributed by atoms with van der Waals surface area (Å²) in [4.78, 5) is 12.8. The highest BCUT2D eigenvalue weighted by Crippen LogP contribution is 2.37. The van der Waals surface area contributed by atoms with Crippen molar-refractivity contribution in [3.05, 3.63) is 52.9 Å². The summed E-state index contributed by atoms with van der Waals surface area (Å²) in [5.74, 6) is 1.48. The third kappa shape index (κ3) is 4.21. The van der Waals surface area contributed by atoms with E-state index in [1.807, 2.05) is 24.3 Å². The number of para-hydroxylation sites is 1. The largest absolute Gasteiger partial charge is 0.496 e. The van der Waals surface area contributed by atoms with Gasteiger partial charge in [-0.15, -0.1) is 0 Å². The van der Waals surface area contributed by atoms with E-state index in [9.17, 15) is 4.79 Å². The Kier molecular flexibility index (Phi) is 5.97. The fourth-order valence-electron chi connectivity index (χ4n) is 3.18. The summed E-state index contributed by atoms with van der Waals surface area (Å²) in [6.07, 6.45) is 0. The summed E-state index contributed by atoms with van der Waals surface area (Å²) < 4.78 is 33.6. The summed E-state index contributed by atoms with van der Waals surface area (Å²) >= 11 is 0. The lowest BCUT2D eigenvalue weighted by Crippen LogP contribution is -2.16. The molecule has 0 radical (unpaired) electrons. The number of fused-ring (bicyclic) bond motifs is 3. The van der Waals surface area contributed by atoms with Gasteiger partial charge >= 0.3 is 5.63 Å². The highest BCUT2D eigenvalue weighted by molar-refractivity contribution is 5.89. The van der Waals surface area contributed by atoms with Gasteiger partial charge in [0.25, 0.3) is 0 Å². The number of ether oxygens (including phenoxy) is 5. The lowest BCUT2D eigenvalue weighted by Gasteiger charge is -2.16. The van der Waals surface area contributed by atoms with Crippen molar-refractivity contribution >= 4 is 11.0 Å². The SMILES string of the molecule is COc1ccccc1-c1cc2ccc3c(c2oc1=O)OCCOCCOCCO3. The minimum atomic E-state index is -0.482. The van der Waals surface area contributed by atoms with Gasteiger partial charge in [0.1, 0.15) is 19.0 Å². The zero-order valence-electron chi connectivity index (χ0n) is 16.1. The molecule has 0 saturated carbocycles. The van der Waals surface area contributed by atoms with E-state index in [1.165, 1.54) is 0 Å². The second-order valence-electron chi connectivity index (χ2n) is 6.38. The Morgan fingerprint density at radius 3 is 2.34 bits per heavy atom. The van der Waals surface area contributed by atoms with Crippen LogP contribution in [0.2, 0.25) is 0 Å². The van der Waals surface area contributed by atoms with Crippen LogP contribution in [0.3, 0.4) is 0 Å². The second-order valence-corrected chi connectivity index (χ2v) is 6.38. The third-order valence-electron chi connectivity index (χ3n) is 4.55. The molecule has 1 aromatic heterocycles. The monoisotopic (exact) mass is 398 g/mol. The Bertz CT molecular complexity index is 1040. The summed E-state index contributed by atoms with van der Waals surface area (Å²) in [6.45, 7) is 2.47. The van der Waals surface area contributed by atoms with E-state index < -0.39 is 5.63 Å². The van der Waals surface area contributed by atoms with E-state index in [0.717, 1.165) is 5.39 Å². The number of hydrogen-bond acceptors (Lipinski definition) is 7. The van der Waals surface area contributed by atoms with Crippen LogP contribution >= 0.6 is 0 Å².